The fourth-order valence-electron chi connectivity index (χ4n) is 2.94. The van der Waals surface area contributed by atoms with Crippen LogP contribution in [0.5, 0.6) is 5.75 Å². The normalized spacial score (nSPS) is 16.1. The van der Waals surface area contributed by atoms with Gasteiger partial charge in [-0.25, -0.2) is 9.97 Å². The van der Waals surface area contributed by atoms with E-state index in [-0.39, 0.29) is 12.5 Å². The number of likely N-dealkylation sites (N-methyl/N-ethyl adjacent to an activating group) is 1. The molecule has 3 aromatic rings. The minimum Gasteiger partial charge on any atom is -0.487 e. The lowest BCUT2D eigenvalue weighted by Gasteiger charge is -2.19. The molecule has 0 radical (unpaired) electrons. The van der Waals surface area contributed by atoms with Crippen molar-refractivity contribution in [2.75, 3.05) is 18.6 Å². The van der Waals surface area contributed by atoms with Crippen molar-refractivity contribution in [3.63, 3.8) is 0 Å². The Hall–Kier alpha value is -3.26. The van der Waals surface area contributed by atoms with Gasteiger partial charge in [0.1, 0.15) is 12.6 Å². The molecule has 0 fully saturated rings. The van der Waals surface area contributed by atoms with E-state index in [4.69, 9.17) is 4.74 Å². The summed E-state index contributed by atoms with van der Waals surface area (Å²) >= 11 is 1.32. The van der Waals surface area contributed by atoms with Crippen molar-refractivity contribution in [1.82, 2.24) is 15.3 Å². The number of rotatable bonds is 4. The smallest absolute Gasteiger partial charge is 0.281 e. The SMILES string of the molecule is CN1C(=O)C(NC(=O)c2ncc(Cc3ccccc3)s2)COc2cccnc21. The molecule has 7 nitrogen and oxygen atoms in total. The first kappa shape index (κ1) is 18.1. The molecule has 3 heterocycles. The second-order valence-corrected chi connectivity index (χ2v) is 7.47. The molecule has 0 spiro atoms. The van der Waals surface area contributed by atoms with E-state index in [2.05, 4.69) is 15.3 Å². The van der Waals surface area contributed by atoms with Gasteiger partial charge >= 0.3 is 0 Å². The molecule has 8 heteroatoms. The molecule has 0 saturated heterocycles. The van der Waals surface area contributed by atoms with E-state index in [1.165, 1.54) is 16.2 Å². The molecule has 1 unspecified atom stereocenters. The van der Waals surface area contributed by atoms with Crippen LogP contribution in [0.4, 0.5) is 5.82 Å². The van der Waals surface area contributed by atoms with E-state index in [0.717, 1.165) is 10.4 Å². The highest BCUT2D eigenvalue weighted by Gasteiger charge is 2.31. The lowest BCUT2D eigenvalue weighted by Crippen LogP contribution is -2.49. The molecule has 2 amide bonds. The molecule has 2 aromatic heterocycles. The third-order valence-corrected chi connectivity index (χ3v) is 5.37. The monoisotopic (exact) mass is 394 g/mol. The number of pyridine rings is 1. The molecular formula is C20H18N4O3S. The first-order valence-corrected chi connectivity index (χ1v) is 9.58. The van der Waals surface area contributed by atoms with Gasteiger partial charge in [0.05, 0.1) is 0 Å². The van der Waals surface area contributed by atoms with Gasteiger partial charge in [-0.2, -0.15) is 0 Å². The summed E-state index contributed by atoms with van der Waals surface area (Å²) in [6.45, 7) is 0.0376. The topological polar surface area (TPSA) is 84.4 Å². The minimum absolute atomic E-state index is 0.0376. The van der Waals surface area contributed by atoms with Gasteiger partial charge in [-0.05, 0) is 17.7 Å². The zero-order valence-electron chi connectivity index (χ0n) is 15.2. The number of aromatic nitrogens is 2. The number of fused-ring (bicyclic) bond motifs is 1. The van der Waals surface area contributed by atoms with Crippen molar-refractivity contribution < 1.29 is 14.3 Å². The number of amides is 2. The number of ether oxygens (including phenoxy) is 1. The zero-order chi connectivity index (χ0) is 19.5. The van der Waals surface area contributed by atoms with Crippen molar-refractivity contribution in [2.45, 2.75) is 12.5 Å². The van der Waals surface area contributed by atoms with E-state index < -0.39 is 11.9 Å². The average molecular weight is 394 g/mol. The van der Waals surface area contributed by atoms with Gasteiger partial charge in [0.2, 0.25) is 0 Å². The summed E-state index contributed by atoms with van der Waals surface area (Å²) in [4.78, 5) is 36.1. The van der Waals surface area contributed by atoms with Crippen LogP contribution in [0.15, 0.2) is 54.9 Å². The van der Waals surface area contributed by atoms with Crippen LogP contribution in [-0.2, 0) is 11.2 Å². The second-order valence-electron chi connectivity index (χ2n) is 6.35. The van der Waals surface area contributed by atoms with Crippen molar-refractivity contribution in [1.29, 1.82) is 0 Å². The lowest BCUT2D eigenvalue weighted by atomic mass is 10.1. The third-order valence-electron chi connectivity index (χ3n) is 4.38. The number of hydrogen-bond donors (Lipinski definition) is 1. The largest absolute Gasteiger partial charge is 0.487 e. The fourth-order valence-corrected chi connectivity index (χ4v) is 3.79. The Labute approximate surface area is 166 Å². The van der Waals surface area contributed by atoms with Crippen molar-refractivity contribution in [2.24, 2.45) is 0 Å². The standard InChI is InChI=1S/C20H18N4O3S/c1-24-17-16(8-5-9-21-17)27-12-15(20(24)26)23-18(25)19-22-11-14(28-19)10-13-6-3-2-4-7-13/h2-9,11,15H,10,12H2,1H3,(H,23,25). The van der Waals surface area contributed by atoms with E-state index in [0.29, 0.717) is 23.0 Å². The van der Waals surface area contributed by atoms with Crippen LogP contribution < -0.4 is 15.0 Å². The number of anilines is 1. The molecule has 0 saturated carbocycles. The van der Waals surface area contributed by atoms with Gasteiger partial charge in [0.25, 0.3) is 11.8 Å². The van der Waals surface area contributed by atoms with Crippen molar-refractivity contribution >= 4 is 29.0 Å². The Kier molecular flexibility index (Phi) is 5.03. The zero-order valence-corrected chi connectivity index (χ0v) is 16.0. The Morgan fingerprint density at radius 3 is 2.89 bits per heavy atom. The van der Waals surface area contributed by atoms with Crippen LogP contribution in [0.2, 0.25) is 0 Å². The average Bonchev–Trinajstić information content (AvgIpc) is 3.15. The molecule has 1 aliphatic rings. The second kappa shape index (κ2) is 7.77. The summed E-state index contributed by atoms with van der Waals surface area (Å²) in [6, 6.07) is 12.6. The number of carbonyl (C=O) groups is 2. The number of thiazole rings is 1. The Morgan fingerprint density at radius 1 is 1.25 bits per heavy atom. The molecule has 28 heavy (non-hydrogen) atoms. The molecule has 1 aromatic carbocycles. The highest BCUT2D eigenvalue weighted by molar-refractivity contribution is 7.13. The minimum atomic E-state index is -0.812. The molecule has 1 N–H and O–H groups in total. The fraction of sp³-hybridized carbons (Fsp3) is 0.200. The van der Waals surface area contributed by atoms with Crippen LogP contribution >= 0.6 is 11.3 Å². The first-order valence-electron chi connectivity index (χ1n) is 8.76. The van der Waals surface area contributed by atoms with Crippen LogP contribution in [0, 0.1) is 0 Å². The summed E-state index contributed by atoms with van der Waals surface area (Å²) in [5.74, 6) is 0.267. The number of nitrogens with zero attached hydrogens (tertiary/aromatic N) is 3. The van der Waals surface area contributed by atoms with Crippen LogP contribution in [0.3, 0.4) is 0 Å². The van der Waals surface area contributed by atoms with E-state index >= 15 is 0 Å². The highest BCUT2D eigenvalue weighted by Crippen LogP contribution is 2.27. The van der Waals surface area contributed by atoms with Gasteiger partial charge < -0.3 is 10.1 Å². The molecule has 1 atom stereocenters. The number of benzene rings is 1. The molecule has 0 aliphatic carbocycles. The van der Waals surface area contributed by atoms with Gasteiger partial charge in [-0.3, -0.25) is 14.5 Å². The Morgan fingerprint density at radius 2 is 2.07 bits per heavy atom. The van der Waals surface area contributed by atoms with Crippen LogP contribution in [0.25, 0.3) is 0 Å². The molecule has 1 aliphatic heterocycles. The molecular weight excluding hydrogens is 376 g/mol. The van der Waals surface area contributed by atoms with Gasteiger partial charge in [0, 0.05) is 30.7 Å². The highest BCUT2D eigenvalue weighted by atomic mass is 32.1. The molecule has 4 rings (SSSR count). The lowest BCUT2D eigenvalue weighted by molar-refractivity contribution is -0.120. The summed E-state index contributed by atoms with van der Waals surface area (Å²) in [6.07, 6.45) is 4.00. The van der Waals surface area contributed by atoms with E-state index in [9.17, 15) is 9.59 Å². The maximum Gasteiger partial charge on any atom is 0.281 e. The van der Waals surface area contributed by atoms with Gasteiger partial charge in [-0.15, -0.1) is 11.3 Å². The maximum absolute atomic E-state index is 12.7. The van der Waals surface area contributed by atoms with Crippen LogP contribution in [0.1, 0.15) is 20.2 Å². The summed E-state index contributed by atoms with van der Waals surface area (Å²) in [5.41, 5.74) is 1.15. The van der Waals surface area contributed by atoms with Gasteiger partial charge in [-0.1, -0.05) is 30.3 Å². The third kappa shape index (κ3) is 3.72. The number of hydrogen-bond acceptors (Lipinski definition) is 6. The summed E-state index contributed by atoms with van der Waals surface area (Å²) < 4.78 is 5.67. The van der Waals surface area contributed by atoms with E-state index in [1.807, 2.05) is 30.3 Å². The maximum atomic E-state index is 12.7. The van der Waals surface area contributed by atoms with E-state index in [1.54, 1.807) is 31.6 Å². The predicted molar refractivity (Wildman–Crippen MR) is 106 cm³/mol. The quantitative estimate of drug-likeness (QED) is 0.734. The van der Waals surface area contributed by atoms with Crippen LogP contribution in [-0.4, -0.2) is 41.5 Å². The summed E-state index contributed by atoms with van der Waals surface area (Å²) in [7, 11) is 1.61. The van der Waals surface area contributed by atoms with Crippen molar-refractivity contribution in [3.8, 4) is 5.75 Å². The predicted octanol–water partition coefficient (Wildman–Crippen LogP) is 2.28. The summed E-state index contributed by atoms with van der Waals surface area (Å²) in [5, 5.41) is 3.05. The Bertz CT molecular complexity index is 1010. The van der Waals surface area contributed by atoms with Gasteiger partial charge in [0.15, 0.2) is 16.6 Å². The van der Waals surface area contributed by atoms with Crippen molar-refractivity contribution in [3.05, 3.63) is 70.3 Å². The molecule has 0 bridgehead atoms. The molecule has 142 valence electrons. The first-order chi connectivity index (χ1) is 13.6. The number of nitrogens with one attached hydrogen (secondary N) is 1. The number of carbonyl (C=O) groups excluding carboxylic acids is 2. The Balaban J connectivity index is 1.45.